The Bertz CT molecular complexity index is 1560. The fourth-order valence-electron chi connectivity index (χ4n) is 4.06. The van der Waals surface area contributed by atoms with Gasteiger partial charge in [-0.2, -0.15) is 0 Å². The summed E-state index contributed by atoms with van der Waals surface area (Å²) < 4.78 is 1.12. The molecule has 37 heavy (non-hydrogen) atoms. The molecule has 0 saturated carbocycles. The standard InChI is InChI=1S/C26H21N5O5S/c1-15-3-10-21-22(13-15)37-23(29-21)16-4-6-17(7-5-16)28-26(34)27-11-2-12-30-24(32)19-9-8-18(31(35)36)14-20(19)25(30)33/h3-10,13-14H,2,11-12H2,1H3,(H2,27,28,34). The summed E-state index contributed by atoms with van der Waals surface area (Å²) in [6, 6.07) is 16.7. The SMILES string of the molecule is Cc1ccc2nc(-c3ccc(NC(=O)NCCCN4C(=O)c5ccc([N+](=O)[O-])cc5C4=O)cc3)sc2c1. The number of carbonyl (C=O) groups is 3. The number of non-ortho nitro benzene ring substituents is 1. The minimum Gasteiger partial charge on any atom is -0.338 e. The summed E-state index contributed by atoms with van der Waals surface area (Å²) in [6.45, 7) is 2.35. The average molecular weight is 516 g/mol. The second-order valence-electron chi connectivity index (χ2n) is 8.55. The van der Waals surface area contributed by atoms with E-state index < -0.39 is 22.8 Å². The number of imide groups is 1. The first-order valence-corrected chi connectivity index (χ1v) is 12.3. The van der Waals surface area contributed by atoms with E-state index in [9.17, 15) is 24.5 Å². The molecule has 1 aliphatic rings. The Balaban J connectivity index is 1.11. The molecule has 1 aromatic heterocycles. The quantitative estimate of drug-likeness (QED) is 0.154. The highest BCUT2D eigenvalue weighted by molar-refractivity contribution is 7.21. The van der Waals surface area contributed by atoms with Crippen LogP contribution in [-0.4, -0.2) is 45.7 Å². The summed E-state index contributed by atoms with van der Waals surface area (Å²) in [7, 11) is 0. The van der Waals surface area contributed by atoms with Crippen LogP contribution in [0.2, 0.25) is 0 Å². The van der Waals surface area contributed by atoms with E-state index in [-0.39, 0.29) is 29.9 Å². The summed E-state index contributed by atoms with van der Waals surface area (Å²) >= 11 is 1.61. The van der Waals surface area contributed by atoms with Gasteiger partial charge in [-0.3, -0.25) is 24.6 Å². The number of thiazole rings is 1. The number of rotatable bonds is 7. The van der Waals surface area contributed by atoms with Crippen LogP contribution < -0.4 is 10.6 Å². The highest BCUT2D eigenvalue weighted by Gasteiger charge is 2.36. The molecule has 1 aliphatic heterocycles. The van der Waals surface area contributed by atoms with E-state index in [2.05, 4.69) is 21.7 Å². The van der Waals surface area contributed by atoms with E-state index in [1.807, 2.05) is 31.2 Å². The molecule has 0 aliphatic carbocycles. The van der Waals surface area contributed by atoms with Crippen molar-refractivity contribution in [1.29, 1.82) is 0 Å². The van der Waals surface area contributed by atoms with Crippen LogP contribution >= 0.6 is 11.3 Å². The van der Waals surface area contributed by atoms with Gasteiger partial charge in [-0.1, -0.05) is 6.07 Å². The maximum atomic E-state index is 12.5. The number of fused-ring (bicyclic) bond motifs is 2. The summed E-state index contributed by atoms with van der Waals surface area (Å²) in [5, 5.41) is 17.3. The fraction of sp³-hybridized carbons (Fsp3) is 0.154. The molecule has 0 spiro atoms. The third-order valence-corrected chi connectivity index (χ3v) is 7.01. The summed E-state index contributed by atoms with van der Waals surface area (Å²) in [6.07, 6.45) is 0.330. The first kappa shape index (κ1) is 24.1. The van der Waals surface area contributed by atoms with Gasteiger partial charge >= 0.3 is 6.03 Å². The molecule has 0 bridgehead atoms. The van der Waals surface area contributed by atoms with Crippen molar-refractivity contribution >= 4 is 50.8 Å². The molecule has 10 nitrogen and oxygen atoms in total. The monoisotopic (exact) mass is 515 g/mol. The molecule has 11 heteroatoms. The number of anilines is 1. The van der Waals surface area contributed by atoms with Crippen LogP contribution in [0.5, 0.6) is 0 Å². The van der Waals surface area contributed by atoms with Gasteiger partial charge in [0, 0.05) is 36.5 Å². The topological polar surface area (TPSA) is 135 Å². The van der Waals surface area contributed by atoms with Crippen LogP contribution in [0.1, 0.15) is 32.7 Å². The van der Waals surface area contributed by atoms with Crippen molar-refractivity contribution in [2.75, 3.05) is 18.4 Å². The van der Waals surface area contributed by atoms with E-state index in [1.165, 1.54) is 17.7 Å². The van der Waals surface area contributed by atoms with E-state index in [1.54, 1.807) is 23.5 Å². The van der Waals surface area contributed by atoms with Crippen LogP contribution in [0, 0.1) is 17.0 Å². The Labute approximate surface area is 215 Å². The van der Waals surface area contributed by atoms with Crippen molar-refractivity contribution < 1.29 is 19.3 Å². The Morgan fingerprint density at radius 1 is 1.03 bits per heavy atom. The van der Waals surface area contributed by atoms with Gasteiger partial charge in [0.05, 0.1) is 26.3 Å². The van der Waals surface area contributed by atoms with Crippen LogP contribution in [-0.2, 0) is 0 Å². The predicted molar refractivity (Wildman–Crippen MR) is 140 cm³/mol. The molecule has 0 fully saturated rings. The lowest BCUT2D eigenvalue weighted by atomic mass is 10.1. The van der Waals surface area contributed by atoms with Crippen molar-refractivity contribution in [3.63, 3.8) is 0 Å². The van der Waals surface area contributed by atoms with Gasteiger partial charge in [-0.05, 0) is 61.4 Å². The molecule has 0 atom stereocenters. The number of amides is 4. The molecule has 2 heterocycles. The molecule has 5 rings (SSSR count). The van der Waals surface area contributed by atoms with Crippen LogP contribution in [0.3, 0.4) is 0 Å². The zero-order valence-corrected chi connectivity index (χ0v) is 20.5. The van der Waals surface area contributed by atoms with Gasteiger partial charge in [0.25, 0.3) is 17.5 Å². The van der Waals surface area contributed by atoms with Crippen LogP contribution in [0.25, 0.3) is 20.8 Å². The second-order valence-corrected chi connectivity index (χ2v) is 9.58. The van der Waals surface area contributed by atoms with E-state index in [0.717, 1.165) is 31.8 Å². The van der Waals surface area contributed by atoms with Crippen molar-refractivity contribution in [3.05, 3.63) is 87.5 Å². The van der Waals surface area contributed by atoms with Crippen molar-refractivity contribution in [1.82, 2.24) is 15.2 Å². The Morgan fingerprint density at radius 3 is 2.54 bits per heavy atom. The van der Waals surface area contributed by atoms with Gasteiger partial charge in [0.2, 0.25) is 0 Å². The van der Waals surface area contributed by atoms with E-state index in [0.29, 0.717) is 12.1 Å². The number of hydrogen-bond acceptors (Lipinski definition) is 7. The minimum absolute atomic E-state index is 0.0225. The van der Waals surface area contributed by atoms with Gasteiger partial charge < -0.3 is 10.6 Å². The zero-order valence-electron chi connectivity index (χ0n) is 19.7. The van der Waals surface area contributed by atoms with Crippen LogP contribution in [0.4, 0.5) is 16.2 Å². The van der Waals surface area contributed by atoms with Gasteiger partial charge in [0.1, 0.15) is 5.01 Å². The maximum absolute atomic E-state index is 12.5. The molecule has 4 amide bonds. The third-order valence-electron chi connectivity index (χ3n) is 5.94. The first-order valence-electron chi connectivity index (χ1n) is 11.5. The number of nitro groups is 1. The maximum Gasteiger partial charge on any atom is 0.319 e. The highest BCUT2D eigenvalue weighted by atomic mass is 32.1. The van der Waals surface area contributed by atoms with Crippen molar-refractivity contribution in [2.24, 2.45) is 0 Å². The predicted octanol–water partition coefficient (Wildman–Crippen LogP) is 4.99. The van der Waals surface area contributed by atoms with Crippen molar-refractivity contribution in [2.45, 2.75) is 13.3 Å². The number of aromatic nitrogens is 1. The highest BCUT2D eigenvalue weighted by Crippen LogP contribution is 2.31. The van der Waals surface area contributed by atoms with Gasteiger partial charge in [-0.15, -0.1) is 11.3 Å². The van der Waals surface area contributed by atoms with E-state index in [4.69, 9.17) is 0 Å². The lowest BCUT2D eigenvalue weighted by Gasteiger charge is -2.14. The fourth-order valence-corrected chi connectivity index (χ4v) is 5.13. The number of nitro benzene ring substituents is 1. The first-order chi connectivity index (χ1) is 17.8. The third kappa shape index (κ3) is 4.89. The Hall–Kier alpha value is -4.64. The molecular weight excluding hydrogens is 494 g/mol. The number of hydrogen-bond donors (Lipinski definition) is 2. The van der Waals surface area contributed by atoms with Gasteiger partial charge in [0.15, 0.2) is 0 Å². The smallest absolute Gasteiger partial charge is 0.319 e. The minimum atomic E-state index is -0.613. The molecule has 3 aromatic carbocycles. The molecule has 2 N–H and O–H groups in total. The average Bonchev–Trinajstić information content (AvgIpc) is 3.40. The number of urea groups is 1. The Morgan fingerprint density at radius 2 is 1.78 bits per heavy atom. The number of benzene rings is 3. The van der Waals surface area contributed by atoms with E-state index >= 15 is 0 Å². The van der Waals surface area contributed by atoms with Crippen LogP contribution in [0.15, 0.2) is 60.7 Å². The molecule has 186 valence electrons. The van der Waals surface area contributed by atoms with Crippen molar-refractivity contribution in [3.8, 4) is 10.6 Å². The lowest BCUT2D eigenvalue weighted by molar-refractivity contribution is -0.384. The molecule has 0 unspecified atom stereocenters. The molecular formula is C26H21N5O5S. The molecule has 4 aromatic rings. The Kier molecular flexibility index (Phi) is 6.36. The second kappa shape index (κ2) is 9.78. The number of aryl methyl sites for hydroxylation is 1. The molecule has 0 radical (unpaired) electrons. The lowest BCUT2D eigenvalue weighted by Crippen LogP contribution is -2.35. The summed E-state index contributed by atoms with van der Waals surface area (Å²) in [5.41, 5.74) is 3.62. The largest absolute Gasteiger partial charge is 0.338 e. The van der Waals surface area contributed by atoms with Gasteiger partial charge in [-0.25, -0.2) is 9.78 Å². The normalized spacial score (nSPS) is 12.6. The number of carbonyl (C=O) groups excluding carboxylic acids is 3. The molecule has 0 saturated heterocycles. The number of nitrogens with zero attached hydrogens (tertiary/aromatic N) is 3. The number of nitrogens with one attached hydrogen (secondary N) is 2. The summed E-state index contributed by atoms with van der Waals surface area (Å²) in [4.78, 5) is 53.3. The summed E-state index contributed by atoms with van der Waals surface area (Å²) in [5.74, 6) is -1.07. The zero-order chi connectivity index (χ0) is 26.1.